The molecule has 1 fully saturated rings. The molecule has 1 aromatic carbocycles. The molecule has 112 valence electrons. The fourth-order valence-electron chi connectivity index (χ4n) is 2.46. The normalized spacial score (nSPS) is 18.1. The molecule has 0 bridgehead atoms. The number of H-pyrrole nitrogens is 1. The molecule has 1 aliphatic heterocycles. The Hall–Kier alpha value is -1.93. The molecular formula is C13H16N4O3S. The molecule has 0 unspecified atom stereocenters. The lowest BCUT2D eigenvalue weighted by atomic mass is 10.2. The molecule has 0 aliphatic carbocycles. The van der Waals surface area contributed by atoms with Gasteiger partial charge in [-0.25, -0.2) is 12.7 Å². The Morgan fingerprint density at radius 3 is 2.95 bits per heavy atom. The van der Waals surface area contributed by atoms with Gasteiger partial charge in [-0.1, -0.05) is 18.2 Å². The zero-order valence-corrected chi connectivity index (χ0v) is 12.2. The van der Waals surface area contributed by atoms with Crippen LogP contribution >= 0.6 is 0 Å². The lowest BCUT2D eigenvalue weighted by Gasteiger charge is -2.14. The van der Waals surface area contributed by atoms with Gasteiger partial charge in [-0.05, 0) is 12.5 Å². The van der Waals surface area contributed by atoms with Crippen LogP contribution in [0.25, 0.3) is 10.9 Å². The Morgan fingerprint density at radius 2 is 2.19 bits per heavy atom. The highest BCUT2D eigenvalue weighted by Crippen LogP contribution is 2.15. The van der Waals surface area contributed by atoms with Crippen LogP contribution in [0.4, 0.5) is 0 Å². The quantitative estimate of drug-likeness (QED) is 0.851. The summed E-state index contributed by atoms with van der Waals surface area (Å²) in [6, 6.07) is 7.36. The SMILES string of the molecule is O=C(NCCN1CCCS1(=O)=O)c1n[nH]c2ccccc12. The number of amides is 1. The van der Waals surface area contributed by atoms with E-state index in [-0.39, 0.29) is 18.2 Å². The molecule has 3 rings (SSSR count). The summed E-state index contributed by atoms with van der Waals surface area (Å²) in [5.41, 5.74) is 1.12. The summed E-state index contributed by atoms with van der Waals surface area (Å²) >= 11 is 0. The number of fused-ring (bicyclic) bond motifs is 1. The number of aromatic nitrogens is 2. The Morgan fingerprint density at radius 1 is 1.38 bits per heavy atom. The zero-order valence-electron chi connectivity index (χ0n) is 11.4. The van der Waals surface area contributed by atoms with E-state index in [9.17, 15) is 13.2 Å². The van der Waals surface area contributed by atoms with Gasteiger partial charge in [0.15, 0.2) is 5.69 Å². The fraction of sp³-hybridized carbons (Fsp3) is 0.385. The number of carbonyl (C=O) groups is 1. The zero-order chi connectivity index (χ0) is 14.9. The minimum atomic E-state index is -3.11. The summed E-state index contributed by atoms with van der Waals surface area (Å²) in [5.74, 6) is -0.102. The fourth-order valence-corrected chi connectivity index (χ4v) is 3.99. The van der Waals surface area contributed by atoms with E-state index < -0.39 is 10.0 Å². The Labute approximate surface area is 122 Å². The first-order valence-corrected chi connectivity index (χ1v) is 8.38. The van der Waals surface area contributed by atoms with E-state index in [1.807, 2.05) is 24.3 Å². The van der Waals surface area contributed by atoms with Gasteiger partial charge in [0, 0.05) is 25.0 Å². The van der Waals surface area contributed by atoms with Crippen LogP contribution in [0.1, 0.15) is 16.9 Å². The molecule has 7 nitrogen and oxygen atoms in total. The van der Waals surface area contributed by atoms with Crippen molar-refractivity contribution in [2.45, 2.75) is 6.42 Å². The third kappa shape index (κ3) is 2.77. The maximum Gasteiger partial charge on any atom is 0.272 e. The van der Waals surface area contributed by atoms with Crippen LogP contribution in [0, 0.1) is 0 Å². The Balaban J connectivity index is 1.62. The highest BCUT2D eigenvalue weighted by atomic mass is 32.2. The standard InChI is InChI=1S/C13H16N4O3S/c18-13(12-10-4-1-2-5-11(10)15-16-12)14-6-8-17-7-3-9-21(17,19)20/h1-2,4-5H,3,6-9H2,(H,14,18)(H,15,16). The maximum absolute atomic E-state index is 12.1. The molecule has 1 amide bonds. The van der Waals surface area contributed by atoms with Crippen molar-refractivity contribution >= 4 is 26.8 Å². The number of nitrogens with one attached hydrogen (secondary N) is 2. The number of sulfonamides is 1. The van der Waals surface area contributed by atoms with Crippen LogP contribution in [0.3, 0.4) is 0 Å². The number of rotatable bonds is 4. The predicted molar refractivity (Wildman–Crippen MR) is 78.4 cm³/mol. The van der Waals surface area contributed by atoms with Gasteiger partial charge in [0.2, 0.25) is 10.0 Å². The van der Waals surface area contributed by atoms with Crippen LogP contribution < -0.4 is 5.32 Å². The monoisotopic (exact) mass is 308 g/mol. The van der Waals surface area contributed by atoms with Crippen molar-refractivity contribution in [2.75, 3.05) is 25.4 Å². The molecule has 1 aliphatic rings. The number of carbonyl (C=O) groups excluding carboxylic acids is 1. The Kier molecular flexibility index (Phi) is 3.64. The highest BCUT2D eigenvalue weighted by molar-refractivity contribution is 7.89. The average Bonchev–Trinajstić information content (AvgIpc) is 3.02. The van der Waals surface area contributed by atoms with E-state index in [1.165, 1.54) is 4.31 Å². The van der Waals surface area contributed by atoms with E-state index in [0.717, 1.165) is 10.9 Å². The van der Waals surface area contributed by atoms with E-state index in [1.54, 1.807) is 0 Å². The van der Waals surface area contributed by atoms with Crippen molar-refractivity contribution in [3.63, 3.8) is 0 Å². The van der Waals surface area contributed by atoms with Gasteiger partial charge in [-0.3, -0.25) is 9.89 Å². The van der Waals surface area contributed by atoms with E-state index in [4.69, 9.17) is 0 Å². The summed E-state index contributed by atoms with van der Waals surface area (Å²) in [4.78, 5) is 12.1. The van der Waals surface area contributed by atoms with Gasteiger partial charge < -0.3 is 5.32 Å². The third-order valence-electron chi connectivity index (χ3n) is 3.54. The van der Waals surface area contributed by atoms with E-state index in [0.29, 0.717) is 25.2 Å². The molecular weight excluding hydrogens is 292 g/mol. The lowest BCUT2D eigenvalue weighted by molar-refractivity contribution is 0.0948. The molecule has 0 saturated carbocycles. The van der Waals surface area contributed by atoms with Gasteiger partial charge in [0.25, 0.3) is 5.91 Å². The number of benzene rings is 1. The van der Waals surface area contributed by atoms with Gasteiger partial charge in [0.05, 0.1) is 11.3 Å². The summed E-state index contributed by atoms with van der Waals surface area (Å²) in [5, 5.41) is 10.3. The van der Waals surface area contributed by atoms with Crippen LogP contribution in [0.15, 0.2) is 24.3 Å². The van der Waals surface area contributed by atoms with Crippen molar-refractivity contribution in [1.82, 2.24) is 19.8 Å². The molecule has 1 saturated heterocycles. The third-order valence-corrected chi connectivity index (χ3v) is 5.49. The van der Waals surface area contributed by atoms with Gasteiger partial charge >= 0.3 is 0 Å². The van der Waals surface area contributed by atoms with Crippen molar-refractivity contribution in [3.8, 4) is 0 Å². The summed E-state index contributed by atoms with van der Waals surface area (Å²) in [6.45, 7) is 1.11. The average molecular weight is 308 g/mol. The second-order valence-corrected chi connectivity index (χ2v) is 7.03. The molecule has 0 atom stereocenters. The molecule has 0 radical (unpaired) electrons. The number of nitrogens with zero attached hydrogens (tertiary/aromatic N) is 2. The molecule has 1 aromatic heterocycles. The Bertz CT molecular complexity index is 769. The largest absolute Gasteiger partial charge is 0.349 e. The lowest BCUT2D eigenvalue weighted by Crippen LogP contribution is -2.36. The smallest absolute Gasteiger partial charge is 0.272 e. The van der Waals surface area contributed by atoms with Crippen LogP contribution in [0.5, 0.6) is 0 Å². The number of para-hydroxylation sites is 1. The van der Waals surface area contributed by atoms with Crippen molar-refractivity contribution in [1.29, 1.82) is 0 Å². The minimum absolute atomic E-state index is 0.199. The molecule has 8 heteroatoms. The van der Waals surface area contributed by atoms with Crippen molar-refractivity contribution in [3.05, 3.63) is 30.0 Å². The molecule has 2 N–H and O–H groups in total. The predicted octanol–water partition coefficient (Wildman–Crippen LogP) is 0.328. The molecule has 0 spiro atoms. The van der Waals surface area contributed by atoms with Gasteiger partial charge in [-0.15, -0.1) is 0 Å². The van der Waals surface area contributed by atoms with E-state index in [2.05, 4.69) is 15.5 Å². The van der Waals surface area contributed by atoms with Gasteiger partial charge in [-0.2, -0.15) is 5.10 Å². The van der Waals surface area contributed by atoms with Gasteiger partial charge in [0.1, 0.15) is 0 Å². The molecule has 21 heavy (non-hydrogen) atoms. The first kappa shape index (κ1) is 14.0. The van der Waals surface area contributed by atoms with Crippen LogP contribution in [0.2, 0.25) is 0 Å². The van der Waals surface area contributed by atoms with E-state index >= 15 is 0 Å². The topological polar surface area (TPSA) is 95.2 Å². The van der Waals surface area contributed by atoms with Crippen molar-refractivity contribution in [2.24, 2.45) is 0 Å². The summed E-state index contributed by atoms with van der Waals surface area (Å²) in [6.07, 6.45) is 0.653. The summed E-state index contributed by atoms with van der Waals surface area (Å²) in [7, 11) is -3.11. The second kappa shape index (κ2) is 5.45. The van der Waals surface area contributed by atoms with Crippen molar-refractivity contribution < 1.29 is 13.2 Å². The number of hydrogen-bond acceptors (Lipinski definition) is 4. The van der Waals surface area contributed by atoms with Crippen LogP contribution in [-0.4, -0.2) is 54.2 Å². The molecule has 2 aromatic rings. The molecule has 2 heterocycles. The second-order valence-electron chi connectivity index (χ2n) is 4.94. The summed E-state index contributed by atoms with van der Waals surface area (Å²) < 4.78 is 24.7. The number of aromatic amines is 1. The highest BCUT2D eigenvalue weighted by Gasteiger charge is 2.27. The first-order valence-electron chi connectivity index (χ1n) is 6.77. The van der Waals surface area contributed by atoms with Crippen LogP contribution in [-0.2, 0) is 10.0 Å². The minimum Gasteiger partial charge on any atom is -0.349 e. The number of hydrogen-bond donors (Lipinski definition) is 2. The maximum atomic E-state index is 12.1. The first-order chi connectivity index (χ1) is 10.1.